The van der Waals surface area contributed by atoms with E-state index in [1.807, 2.05) is 5.32 Å². The largest absolute Gasteiger partial charge is 0.481 e. The molecule has 21 nitrogen and oxygen atoms in total. The number of carbonyl (C=O) groups excluding carboxylic acids is 8. The molecule has 1 saturated heterocycles. The summed E-state index contributed by atoms with van der Waals surface area (Å²) in [5.74, 6) is -11.6. The maximum absolute atomic E-state index is 14.2. The van der Waals surface area contributed by atoms with Gasteiger partial charge in [-0.25, -0.2) is 0 Å². The van der Waals surface area contributed by atoms with Crippen LogP contribution in [0.4, 0.5) is 0 Å². The number of nitrogens with one attached hydrogen (secondary N) is 6. The van der Waals surface area contributed by atoms with Crippen molar-refractivity contribution in [2.45, 2.75) is 136 Å². The summed E-state index contributed by atoms with van der Waals surface area (Å²) < 4.78 is 0. The number of carbonyl (C=O) groups is 11. The molecule has 1 fully saturated rings. The van der Waals surface area contributed by atoms with E-state index in [4.69, 9.17) is 10.2 Å². The van der Waals surface area contributed by atoms with Gasteiger partial charge < -0.3 is 52.1 Å². The predicted molar refractivity (Wildman–Crippen MR) is 199 cm³/mol. The van der Waals surface area contributed by atoms with Gasteiger partial charge in [0.05, 0.1) is 6.04 Å². The first-order valence-corrected chi connectivity index (χ1v) is 18.7. The van der Waals surface area contributed by atoms with Gasteiger partial charge in [-0.1, -0.05) is 48.0 Å². The van der Waals surface area contributed by atoms with Crippen LogP contribution in [-0.4, -0.2) is 135 Å². The summed E-state index contributed by atoms with van der Waals surface area (Å²) >= 11 is 0. The fourth-order valence-corrected chi connectivity index (χ4v) is 5.96. The number of aliphatic carboxylic acids is 3. The van der Waals surface area contributed by atoms with Crippen LogP contribution < -0.4 is 31.9 Å². The molecule has 7 amide bonds. The van der Waals surface area contributed by atoms with Crippen molar-refractivity contribution in [3.8, 4) is 0 Å². The van der Waals surface area contributed by atoms with Crippen molar-refractivity contribution in [1.82, 2.24) is 36.8 Å². The fraction of sp³-hybridized carbons (Fsp3) is 0.694. The van der Waals surface area contributed by atoms with Crippen molar-refractivity contribution >= 4 is 65.0 Å². The standard InChI is InChI=1S/C36H57N7O14/c1-8-10-20(28(51)34(56)37-17-26(49)50)39-32(54)23-11-9-16-43(23)35(57)29(36(5,6)7)42-33(55)27(18(2)3)41-31(53)22(13-15-25(47)48)40-30(52)21(38-19(4)44)12-14-24(45)46/h18,20-23,27,29H,8-17H2,1-7H3,(H,37,56)(H,38,44)(H,39,54)(H,40,52)(H,41,53)(H,42,55)(H,45,46)(H,47,48)(H,49,50)/t20-,21-,22-,23-,27-,29+/m0/s1. The van der Waals surface area contributed by atoms with Crippen molar-refractivity contribution in [3.05, 3.63) is 0 Å². The molecule has 0 aromatic rings. The first-order valence-electron chi connectivity index (χ1n) is 18.7. The summed E-state index contributed by atoms with van der Waals surface area (Å²) in [7, 11) is 0. The van der Waals surface area contributed by atoms with Crippen LogP contribution in [0.15, 0.2) is 0 Å². The zero-order valence-corrected chi connectivity index (χ0v) is 33.4. The number of nitrogens with zero attached hydrogens (tertiary/aromatic N) is 1. The molecule has 9 N–H and O–H groups in total. The average Bonchev–Trinajstić information content (AvgIpc) is 3.60. The highest BCUT2D eigenvalue weighted by Gasteiger charge is 2.44. The number of Topliss-reactive ketones (excluding diaryl/α,β-unsaturated/α-hetero) is 1. The van der Waals surface area contributed by atoms with Crippen molar-refractivity contribution < 1.29 is 68.1 Å². The lowest BCUT2D eigenvalue weighted by molar-refractivity contribution is -0.146. The van der Waals surface area contributed by atoms with Gasteiger partial charge in [0.15, 0.2) is 0 Å². The Morgan fingerprint density at radius 2 is 1.25 bits per heavy atom. The minimum atomic E-state index is -1.54. The van der Waals surface area contributed by atoms with E-state index in [0.717, 1.165) is 6.92 Å². The zero-order chi connectivity index (χ0) is 43.8. The number of carboxylic acids is 3. The number of carboxylic acid groups (broad SMARTS) is 3. The van der Waals surface area contributed by atoms with Crippen LogP contribution in [0.5, 0.6) is 0 Å². The molecular weight excluding hydrogens is 754 g/mol. The van der Waals surface area contributed by atoms with Crippen LogP contribution in [0, 0.1) is 11.3 Å². The molecule has 1 heterocycles. The molecule has 320 valence electrons. The van der Waals surface area contributed by atoms with Crippen LogP contribution in [0.1, 0.15) is 99.8 Å². The van der Waals surface area contributed by atoms with Gasteiger partial charge in [0.1, 0.15) is 36.8 Å². The average molecular weight is 812 g/mol. The van der Waals surface area contributed by atoms with E-state index in [0.29, 0.717) is 12.8 Å². The van der Waals surface area contributed by atoms with Crippen LogP contribution >= 0.6 is 0 Å². The minimum Gasteiger partial charge on any atom is -0.481 e. The lowest BCUT2D eigenvalue weighted by Crippen LogP contribution is -2.62. The van der Waals surface area contributed by atoms with Gasteiger partial charge in [0.2, 0.25) is 41.2 Å². The van der Waals surface area contributed by atoms with Crippen molar-refractivity contribution in [2.75, 3.05) is 13.1 Å². The molecule has 0 aromatic heterocycles. The summed E-state index contributed by atoms with van der Waals surface area (Å²) in [6.45, 7) is 10.2. The number of ketones is 1. The molecule has 21 heteroatoms. The molecule has 0 saturated carbocycles. The maximum Gasteiger partial charge on any atom is 0.322 e. The Labute approximate surface area is 330 Å². The Kier molecular flexibility index (Phi) is 19.8. The normalized spacial score (nSPS) is 16.5. The summed E-state index contributed by atoms with van der Waals surface area (Å²) in [4.78, 5) is 140. The van der Waals surface area contributed by atoms with E-state index < -0.39 is 138 Å². The Balaban J connectivity index is 3.29. The first-order chi connectivity index (χ1) is 26.4. The van der Waals surface area contributed by atoms with Gasteiger partial charge in [0.25, 0.3) is 5.91 Å². The summed E-state index contributed by atoms with van der Waals surface area (Å²) in [5, 5.41) is 41.5. The predicted octanol–water partition coefficient (Wildman–Crippen LogP) is -1.58. The van der Waals surface area contributed by atoms with Gasteiger partial charge in [-0.15, -0.1) is 0 Å². The third-order valence-electron chi connectivity index (χ3n) is 8.94. The molecule has 57 heavy (non-hydrogen) atoms. The van der Waals surface area contributed by atoms with E-state index in [9.17, 15) is 57.8 Å². The summed E-state index contributed by atoms with van der Waals surface area (Å²) in [6.07, 6.45) is -0.881. The van der Waals surface area contributed by atoms with E-state index in [-0.39, 0.29) is 25.8 Å². The van der Waals surface area contributed by atoms with Gasteiger partial charge in [-0.2, -0.15) is 0 Å². The van der Waals surface area contributed by atoms with Gasteiger partial charge in [-0.3, -0.25) is 52.7 Å². The highest BCUT2D eigenvalue weighted by molar-refractivity contribution is 6.38. The topological polar surface area (TPSA) is 324 Å². The molecule has 1 aliphatic rings. The van der Waals surface area contributed by atoms with Gasteiger partial charge in [0, 0.05) is 26.3 Å². The lowest BCUT2D eigenvalue weighted by Gasteiger charge is -2.37. The molecule has 6 atom stereocenters. The Hall–Kier alpha value is -5.63. The van der Waals surface area contributed by atoms with Crippen LogP contribution in [0.25, 0.3) is 0 Å². The van der Waals surface area contributed by atoms with Crippen molar-refractivity contribution in [3.63, 3.8) is 0 Å². The van der Waals surface area contributed by atoms with E-state index in [2.05, 4.69) is 26.6 Å². The number of rotatable bonds is 23. The number of amides is 7. The Morgan fingerprint density at radius 1 is 0.702 bits per heavy atom. The zero-order valence-electron chi connectivity index (χ0n) is 33.4. The number of likely N-dealkylation sites (tertiary alicyclic amines) is 1. The first kappa shape index (κ1) is 49.4. The molecule has 0 spiro atoms. The molecule has 1 rings (SSSR count). The molecule has 0 aliphatic carbocycles. The second kappa shape index (κ2) is 22.8. The van der Waals surface area contributed by atoms with Crippen molar-refractivity contribution in [1.29, 1.82) is 0 Å². The van der Waals surface area contributed by atoms with Crippen molar-refractivity contribution in [2.24, 2.45) is 11.3 Å². The number of hydrogen-bond acceptors (Lipinski definition) is 11. The van der Waals surface area contributed by atoms with Crippen LogP contribution in [0.3, 0.4) is 0 Å². The lowest BCUT2D eigenvalue weighted by atomic mass is 9.85. The molecule has 1 aliphatic heterocycles. The van der Waals surface area contributed by atoms with Crippen LogP contribution in [-0.2, 0) is 52.7 Å². The minimum absolute atomic E-state index is 0.0518. The van der Waals surface area contributed by atoms with Gasteiger partial charge >= 0.3 is 17.9 Å². The van der Waals surface area contributed by atoms with Crippen LogP contribution in [0.2, 0.25) is 0 Å². The van der Waals surface area contributed by atoms with E-state index in [1.165, 1.54) is 4.90 Å². The molecule has 0 radical (unpaired) electrons. The SMILES string of the molecule is CCC[C@H](NC(=O)[C@@H]1CCCN1C(=O)[C@@H](NC(=O)[C@@H](NC(=O)[C@H](CCC(=O)O)NC(=O)[C@H](CCC(=O)O)NC(C)=O)C(C)C)C(C)(C)C)C(=O)C(=O)NCC(=O)O. The van der Waals surface area contributed by atoms with E-state index >= 15 is 0 Å². The second-order valence-electron chi connectivity index (χ2n) is 15.2. The molecule has 0 unspecified atom stereocenters. The third-order valence-corrected chi connectivity index (χ3v) is 8.94. The highest BCUT2D eigenvalue weighted by atomic mass is 16.4. The molecule has 0 bridgehead atoms. The quantitative estimate of drug-likeness (QED) is 0.0527. The van der Waals surface area contributed by atoms with Gasteiger partial charge in [-0.05, 0) is 43.4 Å². The monoisotopic (exact) mass is 811 g/mol. The smallest absolute Gasteiger partial charge is 0.322 e. The maximum atomic E-state index is 14.2. The molecular formula is C36H57N7O14. The molecule has 0 aromatic carbocycles. The number of hydrogen-bond donors (Lipinski definition) is 9. The Morgan fingerprint density at radius 3 is 1.72 bits per heavy atom. The summed E-state index contributed by atoms with van der Waals surface area (Å²) in [6, 6.07) is -7.93. The fourth-order valence-electron chi connectivity index (χ4n) is 5.96. The highest BCUT2D eigenvalue weighted by Crippen LogP contribution is 2.26. The Bertz CT molecular complexity index is 1540. The van der Waals surface area contributed by atoms with E-state index in [1.54, 1.807) is 41.5 Å². The second-order valence-corrected chi connectivity index (χ2v) is 15.2. The summed E-state index contributed by atoms with van der Waals surface area (Å²) in [5.41, 5.74) is -0.975. The third kappa shape index (κ3) is 16.6.